The molecule has 130 valence electrons. The lowest BCUT2D eigenvalue weighted by atomic mass is 10.1. The van der Waals surface area contributed by atoms with Gasteiger partial charge in [-0.2, -0.15) is 13.2 Å². The molecule has 0 aliphatic heterocycles. The summed E-state index contributed by atoms with van der Waals surface area (Å²) < 4.78 is 42.3. The summed E-state index contributed by atoms with van der Waals surface area (Å²) in [5, 5.41) is 16.7. The first-order chi connectivity index (χ1) is 11.7. The average Bonchev–Trinajstić information content (AvgIpc) is 2.95. The Balaban J connectivity index is 1.99. The van der Waals surface area contributed by atoms with Crippen molar-refractivity contribution < 1.29 is 27.5 Å². The van der Waals surface area contributed by atoms with Gasteiger partial charge in [0, 0.05) is 11.1 Å². The molecule has 7 nitrogen and oxygen atoms in total. The highest BCUT2D eigenvalue weighted by Crippen LogP contribution is 2.33. The molecule has 0 aliphatic rings. The van der Waals surface area contributed by atoms with Crippen LogP contribution in [-0.2, 0) is 6.18 Å². The first-order valence-electron chi connectivity index (χ1n) is 6.34. The SMILES string of the molecule is O=C(Nc1nnc(C(F)(F)F)s1)c1c(O)c2ccc(Cl)cc2oc1=O. The van der Waals surface area contributed by atoms with E-state index < -0.39 is 39.2 Å². The summed E-state index contributed by atoms with van der Waals surface area (Å²) in [4.78, 5) is 24.0. The number of amides is 1. The molecular weight excluding hydrogens is 387 g/mol. The zero-order valence-electron chi connectivity index (χ0n) is 11.7. The second-order valence-corrected chi connectivity index (χ2v) is 6.03. The molecule has 0 saturated heterocycles. The first-order valence-corrected chi connectivity index (χ1v) is 7.53. The van der Waals surface area contributed by atoms with Gasteiger partial charge < -0.3 is 9.52 Å². The minimum absolute atomic E-state index is 0.0300. The molecule has 1 amide bonds. The highest BCUT2D eigenvalue weighted by atomic mass is 35.5. The number of hydrogen-bond donors (Lipinski definition) is 2. The number of anilines is 1. The second-order valence-electron chi connectivity index (χ2n) is 4.62. The number of carbonyl (C=O) groups is 1. The zero-order valence-corrected chi connectivity index (χ0v) is 13.3. The van der Waals surface area contributed by atoms with Crippen LogP contribution in [-0.4, -0.2) is 21.2 Å². The monoisotopic (exact) mass is 391 g/mol. The second kappa shape index (κ2) is 6.01. The van der Waals surface area contributed by atoms with Crippen LogP contribution < -0.4 is 10.9 Å². The van der Waals surface area contributed by atoms with Crippen LogP contribution in [0.25, 0.3) is 11.0 Å². The molecule has 0 atom stereocenters. The van der Waals surface area contributed by atoms with Crippen LogP contribution in [0.15, 0.2) is 27.4 Å². The molecule has 2 N–H and O–H groups in total. The fourth-order valence-electron chi connectivity index (χ4n) is 1.91. The van der Waals surface area contributed by atoms with Crippen LogP contribution in [0.1, 0.15) is 15.4 Å². The fraction of sp³-hybridized carbons (Fsp3) is 0.0769. The van der Waals surface area contributed by atoms with Gasteiger partial charge >= 0.3 is 11.8 Å². The van der Waals surface area contributed by atoms with Crippen LogP contribution >= 0.6 is 22.9 Å². The van der Waals surface area contributed by atoms with Crippen molar-refractivity contribution in [1.82, 2.24) is 10.2 Å². The Morgan fingerprint density at radius 2 is 2.04 bits per heavy atom. The van der Waals surface area contributed by atoms with Crippen molar-refractivity contribution in [1.29, 1.82) is 0 Å². The molecule has 3 rings (SSSR count). The van der Waals surface area contributed by atoms with Crippen molar-refractivity contribution in [2.45, 2.75) is 6.18 Å². The lowest BCUT2D eigenvalue weighted by Crippen LogP contribution is -2.21. The van der Waals surface area contributed by atoms with Crippen molar-refractivity contribution in [3.63, 3.8) is 0 Å². The summed E-state index contributed by atoms with van der Waals surface area (Å²) in [6, 6.07) is 3.98. The molecule has 25 heavy (non-hydrogen) atoms. The molecule has 0 bridgehead atoms. The number of nitrogens with one attached hydrogen (secondary N) is 1. The highest BCUT2D eigenvalue weighted by molar-refractivity contribution is 7.15. The van der Waals surface area contributed by atoms with Gasteiger partial charge in [-0.15, -0.1) is 10.2 Å². The van der Waals surface area contributed by atoms with E-state index in [9.17, 15) is 27.9 Å². The Hall–Kier alpha value is -2.66. The van der Waals surface area contributed by atoms with Gasteiger partial charge in [-0.3, -0.25) is 10.1 Å². The molecule has 0 saturated carbocycles. The van der Waals surface area contributed by atoms with Crippen molar-refractivity contribution in [3.05, 3.63) is 44.2 Å². The summed E-state index contributed by atoms with van der Waals surface area (Å²) in [5.41, 5.74) is -2.02. The van der Waals surface area contributed by atoms with E-state index in [2.05, 4.69) is 10.2 Å². The number of fused-ring (bicyclic) bond motifs is 1. The number of benzene rings is 1. The van der Waals surface area contributed by atoms with Gasteiger partial charge in [0.25, 0.3) is 5.91 Å². The molecule has 1 aromatic carbocycles. The van der Waals surface area contributed by atoms with Gasteiger partial charge in [0.05, 0.1) is 5.39 Å². The number of rotatable bonds is 2. The number of aromatic hydroxyl groups is 1. The third-order valence-electron chi connectivity index (χ3n) is 2.96. The quantitative estimate of drug-likeness (QED) is 0.649. The molecule has 0 fully saturated rings. The van der Waals surface area contributed by atoms with E-state index in [4.69, 9.17) is 16.0 Å². The largest absolute Gasteiger partial charge is 0.506 e. The molecule has 0 radical (unpaired) electrons. The van der Waals surface area contributed by atoms with Gasteiger partial charge in [-0.25, -0.2) is 4.79 Å². The zero-order chi connectivity index (χ0) is 18.4. The molecule has 3 aromatic rings. The Morgan fingerprint density at radius 1 is 1.32 bits per heavy atom. The minimum atomic E-state index is -4.72. The van der Waals surface area contributed by atoms with Gasteiger partial charge in [0.15, 0.2) is 5.56 Å². The van der Waals surface area contributed by atoms with Crippen molar-refractivity contribution in [2.24, 2.45) is 0 Å². The number of halogens is 4. The van der Waals surface area contributed by atoms with Crippen LogP contribution in [0, 0.1) is 0 Å². The molecule has 0 spiro atoms. The number of aromatic nitrogens is 2. The maximum Gasteiger partial charge on any atom is 0.445 e. The lowest BCUT2D eigenvalue weighted by molar-refractivity contribution is -0.138. The minimum Gasteiger partial charge on any atom is -0.506 e. The van der Waals surface area contributed by atoms with Gasteiger partial charge in [-0.1, -0.05) is 22.9 Å². The number of hydrogen-bond acceptors (Lipinski definition) is 7. The third kappa shape index (κ3) is 3.28. The van der Waals surface area contributed by atoms with Crippen LogP contribution in [0.4, 0.5) is 18.3 Å². The Morgan fingerprint density at radius 3 is 2.68 bits per heavy atom. The van der Waals surface area contributed by atoms with Crippen LogP contribution in [0.2, 0.25) is 5.02 Å². The normalized spacial score (nSPS) is 11.7. The van der Waals surface area contributed by atoms with Gasteiger partial charge in [-0.05, 0) is 12.1 Å². The Bertz CT molecular complexity index is 1050. The maximum absolute atomic E-state index is 12.5. The Kier molecular flexibility index (Phi) is 4.13. The first kappa shape index (κ1) is 17.2. The standard InChI is InChI=1S/C13H5ClF3N3O4S/c14-4-1-2-5-6(3-4)24-10(23)7(8(5)21)9(22)18-12-20-19-11(25-12)13(15,16)17/h1-3,21H,(H,18,20,22). The summed E-state index contributed by atoms with van der Waals surface area (Å²) in [6.07, 6.45) is -4.72. The average molecular weight is 392 g/mol. The molecule has 0 unspecified atom stereocenters. The summed E-state index contributed by atoms with van der Waals surface area (Å²) in [7, 11) is 0. The van der Waals surface area contributed by atoms with Gasteiger partial charge in [0.2, 0.25) is 10.1 Å². The predicted octanol–water partition coefficient (Wildman–Crippen LogP) is 3.27. The molecule has 2 heterocycles. The van der Waals surface area contributed by atoms with E-state index in [-0.39, 0.29) is 27.3 Å². The van der Waals surface area contributed by atoms with E-state index in [0.29, 0.717) is 0 Å². The van der Waals surface area contributed by atoms with E-state index in [1.807, 2.05) is 5.32 Å². The van der Waals surface area contributed by atoms with E-state index in [1.54, 1.807) is 0 Å². The van der Waals surface area contributed by atoms with Crippen molar-refractivity contribution in [3.8, 4) is 5.75 Å². The van der Waals surface area contributed by atoms with Gasteiger partial charge in [0.1, 0.15) is 11.3 Å². The highest BCUT2D eigenvalue weighted by Gasteiger charge is 2.36. The predicted molar refractivity (Wildman–Crippen MR) is 82.0 cm³/mol. The molecular formula is C13H5ClF3N3O4S. The van der Waals surface area contributed by atoms with E-state index in [1.165, 1.54) is 18.2 Å². The number of carbonyl (C=O) groups excluding carboxylic acids is 1. The fourth-order valence-corrected chi connectivity index (χ4v) is 2.67. The maximum atomic E-state index is 12.5. The van der Waals surface area contributed by atoms with E-state index >= 15 is 0 Å². The topological polar surface area (TPSA) is 105 Å². The smallest absolute Gasteiger partial charge is 0.445 e. The van der Waals surface area contributed by atoms with E-state index in [0.717, 1.165) is 0 Å². The number of nitrogens with zero attached hydrogens (tertiary/aromatic N) is 2. The molecule has 0 aliphatic carbocycles. The molecule has 2 aromatic heterocycles. The number of alkyl halides is 3. The van der Waals surface area contributed by atoms with Crippen molar-refractivity contribution >= 4 is 44.9 Å². The lowest BCUT2D eigenvalue weighted by Gasteiger charge is -2.06. The van der Waals surface area contributed by atoms with Crippen LogP contribution in [0.3, 0.4) is 0 Å². The van der Waals surface area contributed by atoms with Crippen molar-refractivity contribution in [2.75, 3.05) is 5.32 Å². The Labute approximate surface area is 144 Å². The summed E-state index contributed by atoms with van der Waals surface area (Å²) in [6.45, 7) is 0. The summed E-state index contributed by atoms with van der Waals surface area (Å²) >= 11 is 5.81. The van der Waals surface area contributed by atoms with Crippen LogP contribution in [0.5, 0.6) is 5.75 Å². The third-order valence-corrected chi connectivity index (χ3v) is 4.08. The molecule has 12 heteroatoms. The summed E-state index contributed by atoms with van der Waals surface area (Å²) in [5.74, 6) is -1.88.